The largest absolute Gasteiger partial charge is 0.512 e. The Balaban J connectivity index is 2.64. The number of ether oxygens (including phenoxy) is 1. The van der Waals surface area contributed by atoms with Crippen LogP contribution in [0.3, 0.4) is 0 Å². The summed E-state index contributed by atoms with van der Waals surface area (Å²) < 4.78 is 4.82. The average molecular weight is 467 g/mol. The van der Waals surface area contributed by atoms with Crippen molar-refractivity contribution in [3.05, 3.63) is 42.4 Å². The van der Waals surface area contributed by atoms with E-state index in [1.807, 2.05) is 5.32 Å². The average Bonchev–Trinajstić information content (AvgIpc) is 2.74. The fraction of sp³-hybridized carbons (Fsp3) is 0.350. The Labute approximate surface area is 188 Å². The summed E-state index contributed by atoms with van der Waals surface area (Å²) in [5, 5.41) is 42.3. The van der Waals surface area contributed by atoms with Crippen LogP contribution in [0.15, 0.2) is 36.8 Å². The van der Waals surface area contributed by atoms with Gasteiger partial charge in [0.05, 0.1) is 13.0 Å². The van der Waals surface area contributed by atoms with Crippen molar-refractivity contribution in [3.8, 4) is 0 Å². The molecule has 2 unspecified atom stereocenters. The fourth-order valence-corrected chi connectivity index (χ4v) is 2.53. The van der Waals surface area contributed by atoms with Gasteiger partial charge in [-0.25, -0.2) is 14.4 Å². The second kappa shape index (κ2) is 13.9. The van der Waals surface area contributed by atoms with Gasteiger partial charge in [-0.05, 0) is 24.1 Å². The van der Waals surface area contributed by atoms with E-state index in [9.17, 15) is 29.1 Å². The molecule has 0 radical (unpaired) electrons. The highest BCUT2D eigenvalue weighted by Gasteiger charge is 2.25. The number of urea groups is 1. The van der Waals surface area contributed by atoms with E-state index >= 15 is 0 Å². The van der Waals surface area contributed by atoms with Crippen molar-refractivity contribution in [2.75, 3.05) is 11.9 Å². The number of hydrogen-bond acceptors (Lipinski definition) is 7. The van der Waals surface area contributed by atoms with Gasteiger partial charge in [0.15, 0.2) is 0 Å². The molecule has 1 aromatic rings. The van der Waals surface area contributed by atoms with Gasteiger partial charge in [-0.2, -0.15) is 0 Å². The molecule has 13 heteroatoms. The molecular weight excluding hydrogens is 442 g/mol. The van der Waals surface area contributed by atoms with E-state index in [0.717, 1.165) is 6.26 Å². The minimum Gasteiger partial charge on any atom is -0.512 e. The Morgan fingerprint density at radius 1 is 0.909 bits per heavy atom. The minimum atomic E-state index is -1.50. The molecule has 0 heterocycles. The molecule has 0 saturated carbocycles. The summed E-state index contributed by atoms with van der Waals surface area (Å²) in [7, 11) is 0. The molecule has 0 aliphatic heterocycles. The third-order valence-electron chi connectivity index (χ3n) is 4.14. The van der Waals surface area contributed by atoms with E-state index in [4.69, 9.17) is 20.1 Å². The Morgan fingerprint density at radius 3 is 2.06 bits per heavy atom. The zero-order valence-corrected chi connectivity index (χ0v) is 17.4. The number of benzene rings is 1. The lowest BCUT2D eigenvalue weighted by atomic mass is 10.1. The van der Waals surface area contributed by atoms with Crippen LogP contribution in [0.2, 0.25) is 0 Å². The van der Waals surface area contributed by atoms with Crippen molar-refractivity contribution >= 4 is 35.5 Å². The molecule has 3 amide bonds. The normalized spacial score (nSPS) is 12.4. The fourth-order valence-electron chi connectivity index (χ4n) is 2.53. The molecule has 0 aromatic heterocycles. The number of aliphatic carboxylic acids is 3. The van der Waals surface area contributed by atoms with Crippen molar-refractivity contribution in [3.63, 3.8) is 0 Å². The number of carbonyl (C=O) groups excluding carboxylic acids is 2. The van der Waals surface area contributed by atoms with Crippen LogP contribution in [0.5, 0.6) is 0 Å². The van der Waals surface area contributed by atoms with Crippen molar-refractivity contribution < 1.29 is 49.1 Å². The molecule has 0 fully saturated rings. The van der Waals surface area contributed by atoms with Gasteiger partial charge in [0.2, 0.25) is 5.91 Å². The SMILES string of the molecule is O=C(O)CCC(NC(=O)NC(Cc1ccc(NC(=O)CCO/C=C/O)cc1)C(=O)O)C(=O)O. The van der Waals surface area contributed by atoms with Gasteiger partial charge < -0.3 is 41.1 Å². The molecule has 0 spiro atoms. The molecule has 7 N–H and O–H groups in total. The van der Waals surface area contributed by atoms with E-state index < -0.39 is 42.4 Å². The number of amides is 3. The Morgan fingerprint density at radius 2 is 1.52 bits per heavy atom. The van der Waals surface area contributed by atoms with Gasteiger partial charge in [-0.3, -0.25) is 9.59 Å². The highest BCUT2D eigenvalue weighted by atomic mass is 16.5. The standard InChI is InChI=1S/C20H25N3O10/c24-8-10-33-9-7-16(25)21-13-3-1-12(2-4-13)11-15(19(30)31)23-20(32)22-14(18(28)29)5-6-17(26)27/h1-4,8,10,14-15,24H,5-7,9,11H2,(H,21,25)(H,26,27)(H,28,29)(H,30,31)(H2,22,23,32)/b10-8+. The summed E-state index contributed by atoms with van der Waals surface area (Å²) in [6, 6.07) is 2.20. The summed E-state index contributed by atoms with van der Waals surface area (Å²) >= 11 is 0. The Bertz CT molecular complexity index is 869. The molecule has 0 saturated heterocycles. The smallest absolute Gasteiger partial charge is 0.326 e. The molecule has 180 valence electrons. The molecule has 0 aliphatic carbocycles. The second-order valence-corrected chi connectivity index (χ2v) is 6.69. The minimum absolute atomic E-state index is 0.0377. The lowest BCUT2D eigenvalue weighted by Crippen LogP contribution is -2.51. The lowest BCUT2D eigenvalue weighted by Gasteiger charge is -2.18. The van der Waals surface area contributed by atoms with E-state index in [2.05, 4.69) is 10.6 Å². The predicted octanol–water partition coefficient (Wildman–Crippen LogP) is 0.674. The molecule has 2 atom stereocenters. The number of carboxylic acids is 3. The van der Waals surface area contributed by atoms with E-state index in [1.165, 1.54) is 12.1 Å². The summed E-state index contributed by atoms with van der Waals surface area (Å²) in [4.78, 5) is 57.1. The van der Waals surface area contributed by atoms with Crippen LogP contribution in [0, 0.1) is 0 Å². The topological polar surface area (TPSA) is 212 Å². The van der Waals surface area contributed by atoms with Gasteiger partial charge >= 0.3 is 23.9 Å². The molecule has 0 aliphatic rings. The number of aliphatic hydroxyl groups is 1. The summed E-state index contributed by atoms with van der Waals surface area (Å²) in [5.74, 6) is -4.39. The van der Waals surface area contributed by atoms with Crippen LogP contribution in [-0.4, -0.2) is 69.0 Å². The maximum absolute atomic E-state index is 12.0. The van der Waals surface area contributed by atoms with Gasteiger partial charge in [-0.1, -0.05) is 12.1 Å². The molecular formula is C20H25N3O10. The second-order valence-electron chi connectivity index (χ2n) is 6.69. The highest BCUT2D eigenvalue weighted by molar-refractivity contribution is 5.90. The van der Waals surface area contributed by atoms with Gasteiger partial charge in [0, 0.05) is 18.5 Å². The molecule has 0 bridgehead atoms. The number of anilines is 1. The molecule has 1 rings (SSSR count). The predicted molar refractivity (Wildman–Crippen MR) is 112 cm³/mol. The van der Waals surface area contributed by atoms with E-state index in [-0.39, 0.29) is 31.8 Å². The number of hydrogen-bond donors (Lipinski definition) is 7. The molecule has 33 heavy (non-hydrogen) atoms. The summed E-state index contributed by atoms with van der Waals surface area (Å²) in [6.45, 7) is 0.0635. The van der Waals surface area contributed by atoms with E-state index in [1.54, 1.807) is 12.1 Å². The third kappa shape index (κ3) is 11.1. The van der Waals surface area contributed by atoms with Crippen molar-refractivity contribution in [1.82, 2.24) is 10.6 Å². The maximum atomic E-state index is 12.0. The van der Waals surface area contributed by atoms with Crippen molar-refractivity contribution in [1.29, 1.82) is 0 Å². The Hall–Kier alpha value is -4.29. The number of nitrogens with one attached hydrogen (secondary N) is 3. The monoisotopic (exact) mass is 467 g/mol. The summed E-state index contributed by atoms with van der Waals surface area (Å²) in [5.41, 5.74) is 0.958. The van der Waals surface area contributed by atoms with Gasteiger partial charge in [-0.15, -0.1) is 0 Å². The quantitative estimate of drug-likeness (QED) is 0.150. The number of carbonyl (C=O) groups is 5. The molecule has 13 nitrogen and oxygen atoms in total. The zero-order valence-electron chi connectivity index (χ0n) is 17.4. The van der Waals surface area contributed by atoms with Gasteiger partial charge in [0.25, 0.3) is 0 Å². The lowest BCUT2D eigenvalue weighted by molar-refractivity contribution is -0.140. The van der Waals surface area contributed by atoms with Crippen LogP contribution < -0.4 is 16.0 Å². The molecule has 1 aromatic carbocycles. The van der Waals surface area contributed by atoms with Gasteiger partial charge in [0.1, 0.15) is 24.6 Å². The maximum Gasteiger partial charge on any atom is 0.326 e. The third-order valence-corrected chi connectivity index (χ3v) is 4.14. The van der Waals surface area contributed by atoms with Crippen molar-refractivity contribution in [2.45, 2.75) is 37.8 Å². The number of aliphatic hydroxyl groups excluding tert-OH is 1. The van der Waals surface area contributed by atoms with Crippen LogP contribution in [0.25, 0.3) is 0 Å². The van der Waals surface area contributed by atoms with Crippen LogP contribution >= 0.6 is 0 Å². The first-order valence-electron chi connectivity index (χ1n) is 9.66. The number of rotatable bonds is 14. The zero-order chi connectivity index (χ0) is 24.8. The van der Waals surface area contributed by atoms with E-state index in [0.29, 0.717) is 17.5 Å². The Kier molecular flexibility index (Phi) is 11.3. The first kappa shape index (κ1) is 26.7. The van der Waals surface area contributed by atoms with Crippen LogP contribution in [-0.2, 0) is 30.3 Å². The first-order valence-corrected chi connectivity index (χ1v) is 9.66. The highest BCUT2D eigenvalue weighted by Crippen LogP contribution is 2.12. The van der Waals surface area contributed by atoms with Crippen LogP contribution in [0.4, 0.5) is 10.5 Å². The van der Waals surface area contributed by atoms with Crippen molar-refractivity contribution in [2.24, 2.45) is 0 Å². The first-order chi connectivity index (χ1) is 15.6. The summed E-state index contributed by atoms with van der Waals surface area (Å²) in [6.07, 6.45) is 0.778. The van der Waals surface area contributed by atoms with Crippen LogP contribution in [0.1, 0.15) is 24.8 Å². The number of carboxylic acid groups (broad SMARTS) is 3.